The molecule has 1 heterocycles. The van der Waals surface area contributed by atoms with E-state index in [0.717, 1.165) is 10.6 Å². The van der Waals surface area contributed by atoms with E-state index in [4.69, 9.17) is 32.7 Å². The van der Waals surface area contributed by atoms with Crippen molar-refractivity contribution in [3.63, 3.8) is 0 Å². The minimum atomic E-state index is -3.89. The molecule has 0 aliphatic carbocycles. The van der Waals surface area contributed by atoms with Gasteiger partial charge in [-0.05, 0) is 44.5 Å². The molecule has 0 saturated carbocycles. The van der Waals surface area contributed by atoms with Gasteiger partial charge < -0.3 is 19.7 Å². The van der Waals surface area contributed by atoms with Gasteiger partial charge >= 0.3 is 0 Å². The fraction of sp³-hybridized carbons (Fsp3) is 0.417. The lowest BCUT2D eigenvalue weighted by Gasteiger charge is -2.32. The van der Waals surface area contributed by atoms with Gasteiger partial charge in [-0.3, -0.25) is 13.9 Å². The summed E-state index contributed by atoms with van der Waals surface area (Å²) in [7, 11) is -3.89. The Morgan fingerprint density at radius 2 is 1.72 bits per heavy atom. The van der Waals surface area contributed by atoms with Crippen LogP contribution in [0.1, 0.15) is 32.8 Å². The largest absolute Gasteiger partial charge is 0.454 e. The van der Waals surface area contributed by atoms with E-state index < -0.39 is 28.5 Å². The van der Waals surface area contributed by atoms with Gasteiger partial charge in [0.05, 0.1) is 11.9 Å². The summed E-state index contributed by atoms with van der Waals surface area (Å²) in [4.78, 5) is 27.9. The predicted molar refractivity (Wildman–Crippen MR) is 139 cm³/mol. The second-order valence-corrected chi connectivity index (χ2v) is 11.2. The zero-order valence-electron chi connectivity index (χ0n) is 20.5. The summed E-state index contributed by atoms with van der Waals surface area (Å²) in [6.45, 7) is 4.73. The summed E-state index contributed by atoms with van der Waals surface area (Å²) >= 11 is 12.7. The fourth-order valence-corrected chi connectivity index (χ4v) is 4.91. The van der Waals surface area contributed by atoms with E-state index >= 15 is 0 Å². The number of fused-ring (bicyclic) bond motifs is 1. The number of hydrogen-bond acceptors (Lipinski definition) is 6. The van der Waals surface area contributed by atoms with Crippen LogP contribution in [0.5, 0.6) is 11.5 Å². The van der Waals surface area contributed by atoms with Crippen LogP contribution in [0.2, 0.25) is 10.0 Å². The molecule has 0 spiro atoms. The van der Waals surface area contributed by atoms with Gasteiger partial charge in [0.25, 0.3) is 0 Å². The molecule has 2 amide bonds. The van der Waals surface area contributed by atoms with Crippen LogP contribution in [-0.4, -0.2) is 56.8 Å². The van der Waals surface area contributed by atoms with E-state index in [1.807, 2.05) is 13.8 Å². The second kappa shape index (κ2) is 11.6. The van der Waals surface area contributed by atoms with Crippen molar-refractivity contribution in [1.82, 2.24) is 10.2 Å². The smallest absolute Gasteiger partial charge is 0.244 e. The van der Waals surface area contributed by atoms with Crippen molar-refractivity contribution in [2.24, 2.45) is 0 Å². The summed E-state index contributed by atoms with van der Waals surface area (Å²) in [5.74, 6) is -0.144. The number of carbonyl (C=O) groups excluding carboxylic acids is 2. The van der Waals surface area contributed by atoms with Crippen LogP contribution in [-0.2, 0) is 26.2 Å². The Morgan fingerprint density at radius 1 is 1.08 bits per heavy atom. The van der Waals surface area contributed by atoms with Gasteiger partial charge in [-0.2, -0.15) is 0 Å². The summed E-state index contributed by atoms with van der Waals surface area (Å²) in [6, 6.07) is 8.48. The number of rotatable bonds is 10. The molecule has 0 saturated heterocycles. The normalized spacial score (nSPS) is 14.2. The number of halogens is 2. The van der Waals surface area contributed by atoms with Crippen molar-refractivity contribution in [3.05, 3.63) is 52.0 Å². The molecule has 0 unspecified atom stereocenters. The molecule has 0 fully saturated rings. The third kappa shape index (κ3) is 6.54. The molecule has 196 valence electrons. The summed E-state index contributed by atoms with van der Waals surface area (Å²) in [5.41, 5.74) is 0.675. The van der Waals surface area contributed by atoms with Crippen LogP contribution < -0.4 is 19.1 Å². The Morgan fingerprint density at radius 3 is 2.33 bits per heavy atom. The van der Waals surface area contributed by atoms with Gasteiger partial charge in [0.1, 0.15) is 12.6 Å². The number of sulfonamides is 1. The van der Waals surface area contributed by atoms with Gasteiger partial charge in [-0.15, -0.1) is 0 Å². The quantitative estimate of drug-likeness (QED) is 0.476. The van der Waals surface area contributed by atoms with Crippen molar-refractivity contribution in [2.45, 2.75) is 45.8 Å². The first-order chi connectivity index (χ1) is 16.9. The van der Waals surface area contributed by atoms with Crippen LogP contribution in [0, 0.1) is 0 Å². The molecule has 1 N–H and O–H groups in total. The minimum Gasteiger partial charge on any atom is -0.454 e. The van der Waals surface area contributed by atoms with E-state index in [0.29, 0.717) is 33.5 Å². The van der Waals surface area contributed by atoms with Crippen molar-refractivity contribution in [1.29, 1.82) is 0 Å². The molecule has 1 aliphatic heterocycles. The number of amides is 2. The fourth-order valence-electron chi connectivity index (χ4n) is 3.56. The van der Waals surface area contributed by atoms with Gasteiger partial charge in [0.15, 0.2) is 11.5 Å². The van der Waals surface area contributed by atoms with E-state index in [1.165, 1.54) is 17.0 Å². The number of hydrogen-bond donors (Lipinski definition) is 1. The summed E-state index contributed by atoms with van der Waals surface area (Å²) in [6.07, 6.45) is 1.70. The predicted octanol–water partition coefficient (Wildman–Crippen LogP) is 3.82. The monoisotopic (exact) mass is 557 g/mol. The third-order valence-corrected chi connectivity index (χ3v) is 7.73. The first-order valence-electron chi connectivity index (χ1n) is 11.3. The maximum absolute atomic E-state index is 13.6. The van der Waals surface area contributed by atoms with E-state index in [1.54, 1.807) is 31.2 Å². The van der Waals surface area contributed by atoms with Gasteiger partial charge in [0, 0.05) is 34.3 Å². The van der Waals surface area contributed by atoms with Crippen LogP contribution in [0.3, 0.4) is 0 Å². The SMILES string of the molecule is CC[C@@H](C)NC(=O)[C@@H](C)N(Cc1c(Cl)cccc1Cl)C(=O)CN(c1ccc2c(c1)OCO2)S(C)(=O)=O. The standard InChI is InChI=1S/C24H29Cl2N3O6S/c1-5-15(2)27-24(31)16(3)28(12-18-19(25)7-6-8-20(18)26)23(30)13-29(36(4,32)33)17-9-10-21-22(11-17)35-14-34-21/h6-11,15-16H,5,12-14H2,1-4H3,(H,27,31)/t15-,16-/m1/s1. The average molecular weight is 558 g/mol. The minimum absolute atomic E-state index is 0.0196. The Bertz CT molecular complexity index is 1220. The van der Waals surface area contributed by atoms with Crippen LogP contribution >= 0.6 is 23.2 Å². The molecule has 2 atom stereocenters. The van der Waals surface area contributed by atoms with Crippen molar-refractivity contribution < 1.29 is 27.5 Å². The van der Waals surface area contributed by atoms with E-state index in [-0.39, 0.29) is 31.0 Å². The molecule has 0 radical (unpaired) electrons. The number of anilines is 1. The Kier molecular flexibility index (Phi) is 8.97. The van der Waals surface area contributed by atoms with Gasteiger partial charge in [-0.25, -0.2) is 8.42 Å². The zero-order valence-corrected chi connectivity index (χ0v) is 22.8. The van der Waals surface area contributed by atoms with Crippen LogP contribution in [0.4, 0.5) is 5.69 Å². The maximum Gasteiger partial charge on any atom is 0.244 e. The van der Waals surface area contributed by atoms with Gasteiger partial charge in [0.2, 0.25) is 28.6 Å². The Balaban J connectivity index is 1.95. The molecular formula is C24H29Cl2N3O6S. The van der Waals surface area contributed by atoms with E-state index in [9.17, 15) is 18.0 Å². The third-order valence-electron chi connectivity index (χ3n) is 5.88. The molecule has 0 aromatic heterocycles. The molecule has 2 aromatic carbocycles. The lowest BCUT2D eigenvalue weighted by Crippen LogP contribution is -2.52. The van der Waals surface area contributed by atoms with Crippen molar-refractivity contribution >= 4 is 50.7 Å². The Hall–Kier alpha value is -2.69. The maximum atomic E-state index is 13.6. The molecule has 2 aromatic rings. The molecule has 0 bridgehead atoms. The first-order valence-corrected chi connectivity index (χ1v) is 13.9. The highest BCUT2D eigenvalue weighted by molar-refractivity contribution is 7.92. The van der Waals surface area contributed by atoms with Crippen LogP contribution in [0.15, 0.2) is 36.4 Å². The Labute approximate surface area is 221 Å². The summed E-state index contributed by atoms with van der Waals surface area (Å²) in [5, 5.41) is 3.51. The molecule has 1 aliphatic rings. The molecular weight excluding hydrogens is 529 g/mol. The highest BCUT2D eigenvalue weighted by Gasteiger charge is 2.32. The average Bonchev–Trinajstić information content (AvgIpc) is 3.29. The number of carbonyl (C=O) groups is 2. The second-order valence-electron chi connectivity index (χ2n) is 8.52. The lowest BCUT2D eigenvalue weighted by molar-refractivity contribution is -0.139. The number of benzene rings is 2. The zero-order chi connectivity index (χ0) is 26.6. The van der Waals surface area contributed by atoms with Crippen molar-refractivity contribution in [2.75, 3.05) is 23.9 Å². The van der Waals surface area contributed by atoms with Crippen molar-refractivity contribution in [3.8, 4) is 11.5 Å². The summed E-state index contributed by atoms with van der Waals surface area (Å²) < 4.78 is 37.0. The number of nitrogens with zero attached hydrogens (tertiary/aromatic N) is 2. The topological polar surface area (TPSA) is 105 Å². The highest BCUT2D eigenvalue weighted by atomic mass is 35.5. The van der Waals surface area contributed by atoms with E-state index in [2.05, 4.69) is 5.32 Å². The lowest BCUT2D eigenvalue weighted by atomic mass is 10.1. The molecule has 3 rings (SSSR count). The highest BCUT2D eigenvalue weighted by Crippen LogP contribution is 2.36. The number of ether oxygens (including phenoxy) is 2. The molecule has 9 nitrogen and oxygen atoms in total. The molecule has 12 heteroatoms. The van der Waals surface area contributed by atoms with Gasteiger partial charge in [-0.1, -0.05) is 36.2 Å². The molecule has 36 heavy (non-hydrogen) atoms. The first kappa shape index (κ1) is 27.9. The van der Waals surface area contributed by atoms with Crippen LogP contribution in [0.25, 0.3) is 0 Å². The number of nitrogens with one attached hydrogen (secondary N) is 1.